The van der Waals surface area contributed by atoms with Crippen LogP contribution in [0.3, 0.4) is 0 Å². The molecular formula is C19H22N2O6S. The molecule has 2 aromatic rings. The van der Waals surface area contributed by atoms with E-state index in [1.54, 1.807) is 18.2 Å². The standard InChI is InChI=1S/C19H22N2O6S/c1-2-3-10-20-28(23,24)16-7-5-15(6-8-16)25-12-19(22)21-14-4-9-17-18(11-14)27-13-26-17/h4-9,11,20H,2-3,10,12-13H2,1H3,(H,21,22). The third-order valence-electron chi connectivity index (χ3n) is 3.98. The predicted octanol–water partition coefficient (Wildman–Crippen LogP) is 2.51. The molecule has 2 aromatic carbocycles. The van der Waals surface area contributed by atoms with Crippen LogP contribution in [0.2, 0.25) is 0 Å². The quantitative estimate of drug-likeness (QED) is 0.621. The fourth-order valence-electron chi connectivity index (χ4n) is 2.50. The van der Waals surface area contributed by atoms with Crippen LogP contribution >= 0.6 is 0 Å². The smallest absolute Gasteiger partial charge is 0.262 e. The fraction of sp³-hybridized carbons (Fsp3) is 0.316. The number of fused-ring (bicyclic) bond motifs is 1. The van der Waals surface area contributed by atoms with E-state index in [-0.39, 0.29) is 24.2 Å². The number of rotatable bonds is 9. The van der Waals surface area contributed by atoms with Crippen molar-refractivity contribution in [3.05, 3.63) is 42.5 Å². The lowest BCUT2D eigenvalue weighted by molar-refractivity contribution is -0.118. The molecule has 0 aromatic heterocycles. The molecule has 28 heavy (non-hydrogen) atoms. The van der Waals surface area contributed by atoms with Crippen LogP contribution in [-0.2, 0) is 14.8 Å². The fourth-order valence-corrected chi connectivity index (χ4v) is 3.58. The van der Waals surface area contributed by atoms with Crippen molar-refractivity contribution in [2.45, 2.75) is 24.7 Å². The number of ether oxygens (including phenoxy) is 3. The number of unbranched alkanes of at least 4 members (excludes halogenated alkanes) is 1. The number of sulfonamides is 1. The number of hydrogen-bond donors (Lipinski definition) is 2. The average molecular weight is 406 g/mol. The van der Waals surface area contributed by atoms with Crippen LogP contribution < -0.4 is 24.2 Å². The zero-order valence-corrected chi connectivity index (χ0v) is 16.3. The molecule has 1 heterocycles. The summed E-state index contributed by atoms with van der Waals surface area (Å²) in [5.41, 5.74) is 0.567. The summed E-state index contributed by atoms with van der Waals surface area (Å²) < 4.78 is 42.7. The van der Waals surface area contributed by atoms with Crippen molar-refractivity contribution in [2.24, 2.45) is 0 Å². The summed E-state index contributed by atoms with van der Waals surface area (Å²) in [6, 6.07) is 11.0. The van der Waals surface area contributed by atoms with Gasteiger partial charge in [-0.15, -0.1) is 0 Å². The summed E-state index contributed by atoms with van der Waals surface area (Å²) >= 11 is 0. The molecule has 1 amide bonds. The van der Waals surface area contributed by atoms with E-state index in [4.69, 9.17) is 14.2 Å². The van der Waals surface area contributed by atoms with Gasteiger partial charge in [0.05, 0.1) is 4.90 Å². The van der Waals surface area contributed by atoms with Crippen molar-refractivity contribution in [2.75, 3.05) is 25.3 Å². The topological polar surface area (TPSA) is 103 Å². The minimum absolute atomic E-state index is 0.153. The van der Waals surface area contributed by atoms with Crippen molar-refractivity contribution in [1.29, 1.82) is 0 Å². The highest BCUT2D eigenvalue weighted by Crippen LogP contribution is 2.34. The minimum Gasteiger partial charge on any atom is -0.484 e. The van der Waals surface area contributed by atoms with Gasteiger partial charge in [-0.05, 0) is 42.8 Å². The van der Waals surface area contributed by atoms with E-state index in [9.17, 15) is 13.2 Å². The Balaban J connectivity index is 1.51. The van der Waals surface area contributed by atoms with Crippen LogP contribution in [0.15, 0.2) is 47.4 Å². The Kier molecular flexibility index (Phi) is 6.37. The lowest BCUT2D eigenvalue weighted by Crippen LogP contribution is -2.24. The van der Waals surface area contributed by atoms with Gasteiger partial charge in [0.25, 0.3) is 5.91 Å². The van der Waals surface area contributed by atoms with Gasteiger partial charge in [-0.2, -0.15) is 0 Å². The van der Waals surface area contributed by atoms with E-state index in [1.165, 1.54) is 24.3 Å². The molecule has 0 spiro atoms. The summed E-state index contributed by atoms with van der Waals surface area (Å²) in [5, 5.41) is 2.70. The molecule has 0 bridgehead atoms. The molecule has 1 aliphatic rings. The summed E-state index contributed by atoms with van der Waals surface area (Å²) in [5.74, 6) is 1.25. The Morgan fingerprint density at radius 1 is 1.11 bits per heavy atom. The highest BCUT2D eigenvalue weighted by molar-refractivity contribution is 7.89. The lowest BCUT2D eigenvalue weighted by Gasteiger charge is -2.09. The molecule has 1 aliphatic heterocycles. The van der Waals surface area contributed by atoms with Gasteiger partial charge >= 0.3 is 0 Å². The van der Waals surface area contributed by atoms with Crippen LogP contribution in [0.1, 0.15) is 19.8 Å². The number of nitrogens with one attached hydrogen (secondary N) is 2. The normalized spacial score (nSPS) is 12.6. The van der Waals surface area contributed by atoms with E-state index >= 15 is 0 Å². The highest BCUT2D eigenvalue weighted by Gasteiger charge is 2.15. The number of benzene rings is 2. The lowest BCUT2D eigenvalue weighted by atomic mass is 10.3. The number of carbonyl (C=O) groups is 1. The molecule has 8 nitrogen and oxygen atoms in total. The number of hydrogen-bond acceptors (Lipinski definition) is 6. The summed E-state index contributed by atoms with van der Waals surface area (Å²) in [7, 11) is -3.53. The van der Waals surface area contributed by atoms with Crippen LogP contribution in [0, 0.1) is 0 Å². The SMILES string of the molecule is CCCCNS(=O)(=O)c1ccc(OCC(=O)Nc2ccc3c(c2)OCO3)cc1. The Hall–Kier alpha value is -2.78. The highest BCUT2D eigenvalue weighted by atomic mass is 32.2. The number of amides is 1. The van der Waals surface area contributed by atoms with Gasteiger partial charge in [0.1, 0.15) is 5.75 Å². The predicted molar refractivity (Wildman–Crippen MR) is 103 cm³/mol. The first-order valence-electron chi connectivity index (χ1n) is 8.90. The van der Waals surface area contributed by atoms with Crippen molar-refractivity contribution in [3.63, 3.8) is 0 Å². The molecule has 3 rings (SSSR count). The average Bonchev–Trinajstić information content (AvgIpc) is 3.15. The number of carbonyl (C=O) groups excluding carboxylic acids is 1. The van der Waals surface area contributed by atoms with Crippen molar-refractivity contribution < 1.29 is 27.4 Å². The van der Waals surface area contributed by atoms with Crippen molar-refractivity contribution in [1.82, 2.24) is 4.72 Å². The molecule has 9 heteroatoms. The van der Waals surface area contributed by atoms with Gasteiger partial charge in [0.15, 0.2) is 18.1 Å². The van der Waals surface area contributed by atoms with Gasteiger partial charge in [0.2, 0.25) is 16.8 Å². The van der Waals surface area contributed by atoms with Crippen LogP contribution in [0.5, 0.6) is 17.2 Å². The first-order valence-corrected chi connectivity index (χ1v) is 10.4. The van der Waals surface area contributed by atoms with Gasteiger partial charge in [-0.3, -0.25) is 4.79 Å². The maximum absolute atomic E-state index is 12.1. The molecule has 0 atom stereocenters. The van der Waals surface area contributed by atoms with E-state index in [1.807, 2.05) is 6.92 Å². The second-order valence-corrected chi connectivity index (χ2v) is 7.89. The van der Waals surface area contributed by atoms with Gasteiger partial charge in [0, 0.05) is 18.3 Å². The Bertz CT molecular complexity index is 928. The van der Waals surface area contributed by atoms with Crippen LogP contribution in [-0.4, -0.2) is 34.3 Å². The molecule has 0 aliphatic carbocycles. The molecular weight excluding hydrogens is 384 g/mol. The first-order chi connectivity index (χ1) is 13.5. The summed E-state index contributed by atoms with van der Waals surface area (Å²) in [6.45, 7) is 2.34. The second kappa shape index (κ2) is 8.94. The van der Waals surface area contributed by atoms with Gasteiger partial charge < -0.3 is 19.5 Å². The second-order valence-electron chi connectivity index (χ2n) is 6.13. The van der Waals surface area contributed by atoms with Crippen LogP contribution in [0.4, 0.5) is 5.69 Å². The molecule has 150 valence electrons. The van der Waals surface area contributed by atoms with E-state index in [0.29, 0.717) is 29.5 Å². The maximum atomic E-state index is 12.1. The minimum atomic E-state index is -3.53. The molecule has 0 radical (unpaired) electrons. The maximum Gasteiger partial charge on any atom is 0.262 e. The number of anilines is 1. The Labute approximate surface area is 163 Å². The summed E-state index contributed by atoms with van der Waals surface area (Å²) in [4.78, 5) is 12.2. The third kappa shape index (κ3) is 5.14. The Morgan fingerprint density at radius 3 is 2.61 bits per heavy atom. The summed E-state index contributed by atoms with van der Waals surface area (Å²) in [6.07, 6.45) is 1.68. The molecule has 0 saturated heterocycles. The van der Waals surface area contributed by atoms with Gasteiger partial charge in [-0.25, -0.2) is 13.1 Å². The largest absolute Gasteiger partial charge is 0.484 e. The zero-order chi connectivity index (χ0) is 20.0. The van der Waals surface area contributed by atoms with Gasteiger partial charge in [-0.1, -0.05) is 13.3 Å². The molecule has 0 fully saturated rings. The molecule has 2 N–H and O–H groups in total. The van der Waals surface area contributed by atoms with E-state index in [0.717, 1.165) is 12.8 Å². The molecule has 0 unspecified atom stereocenters. The third-order valence-corrected chi connectivity index (χ3v) is 5.46. The van der Waals surface area contributed by atoms with Crippen molar-refractivity contribution in [3.8, 4) is 17.2 Å². The first kappa shape index (κ1) is 20.0. The zero-order valence-electron chi connectivity index (χ0n) is 15.4. The Morgan fingerprint density at radius 2 is 1.86 bits per heavy atom. The van der Waals surface area contributed by atoms with E-state index in [2.05, 4.69) is 10.0 Å². The van der Waals surface area contributed by atoms with Crippen molar-refractivity contribution >= 4 is 21.6 Å². The molecule has 0 saturated carbocycles. The monoisotopic (exact) mass is 406 g/mol. The van der Waals surface area contributed by atoms with E-state index < -0.39 is 10.0 Å². The van der Waals surface area contributed by atoms with Crippen LogP contribution in [0.25, 0.3) is 0 Å².